The van der Waals surface area contributed by atoms with Crippen LogP contribution in [-0.2, 0) is 0 Å². The van der Waals surface area contributed by atoms with Crippen molar-refractivity contribution in [1.29, 1.82) is 0 Å². The molecule has 1 unspecified atom stereocenters. The lowest BCUT2D eigenvalue weighted by Crippen LogP contribution is -2.09. The van der Waals surface area contributed by atoms with Crippen molar-refractivity contribution in [2.45, 2.75) is 38.8 Å². The van der Waals surface area contributed by atoms with Gasteiger partial charge in [-0.3, -0.25) is 0 Å². The van der Waals surface area contributed by atoms with Gasteiger partial charge in [0, 0.05) is 12.5 Å². The van der Waals surface area contributed by atoms with Crippen LogP contribution in [0.4, 0.5) is 0 Å². The van der Waals surface area contributed by atoms with Crippen molar-refractivity contribution in [3.63, 3.8) is 0 Å². The zero-order valence-corrected chi connectivity index (χ0v) is 10.0. The minimum absolute atomic E-state index is 0.103. The summed E-state index contributed by atoms with van der Waals surface area (Å²) in [6, 6.07) is 7.93. The molecule has 0 aliphatic carbocycles. The molecule has 0 saturated carbocycles. The van der Waals surface area contributed by atoms with Crippen molar-refractivity contribution in [2.75, 3.05) is 6.61 Å². The average Bonchev–Trinajstić information content (AvgIpc) is 2.28. The van der Waals surface area contributed by atoms with Gasteiger partial charge >= 0.3 is 0 Å². The summed E-state index contributed by atoms with van der Waals surface area (Å²) >= 11 is 0. The Morgan fingerprint density at radius 2 is 1.94 bits per heavy atom. The fraction of sp³-hybridized carbons (Fsp3) is 0.538. The number of rotatable bonds is 6. The van der Waals surface area contributed by atoms with Crippen molar-refractivity contribution in [1.82, 2.24) is 0 Å². The highest BCUT2D eigenvalue weighted by Crippen LogP contribution is 2.18. The summed E-state index contributed by atoms with van der Waals surface area (Å²) in [7, 11) is 0. The van der Waals surface area contributed by atoms with Crippen LogP contribution in [0.25, 0.3) is 0 Å². The molecule has 0 aliphatic heterocycles. The van der Waals surface area contributed by atoms with Gasteiger partial charge in [-0.1, -0.05) is 19.1 Å². The zero-order valence-electron chi connectivity index (χ0n) is 10.0. The number of aliphatic hydroxyl groups excluding tert-OH is 1. The summed E-state index contributed by atoms with van der Waals surface area (Å²) in [4.78, 5) is 0. The number of hydrogen-bond acceptors (Lipinski definition) is 3. The lowest BCUT2D eigenvalue weighted by Gasteiger charge is -2.11. The number of aliphatic hydroxyl groups is 1. The van der Waals surface area contributed by atoms with Crippen LogP contribution in [0.2, 0.25) is 0 Å². The molecule has 0 spiro atoms. The normalized spacial score (nSPS) is 14.5. The highest BCUT2D eigenvalue weighted by molar-refractivity contribution is 5.28. The molecule has 3 N–H and O–H groups in total. The van der Waals surface area contributed by atoms with Gasteiger partial charge in [-0.15, -0.1) is 0 Å². The number of nitrogens with two attached hydrogens (primary N) is 1. The minimum atomic E-state index is -0.312. The van der Waals surface area contributed by atoms with Gasteiger partial charge in [-0.2, -0.15) is 0 Å². The molecule has 0 saturated heterocycles. The Kier molecular flexibility index (Phi) is 5.29. The van der Waals surface area contributed by atoms with Gasteiger partial charge < -0.3 is 15.6 Å². The molecular formula is C13H21NO2. The summed E-state index contributed by atoms with van der Waals surface area (Å²) < 4.78 is 5.48. The van der Waals surface area contributed by atoms with E-state index in [1.807, 2.05) is 24.3 Å². The molecule has 2 atom stereocenters. The smallest absolute Gasteiger partial charge is 0.119 e. The molecule has 0 heterocycles. The molecule has 0 aromatic heterocycles. The van der Waals surface area contributed by atoms with Gasteiger partial charge in [0.15, 0.2) is 0 Å². The molecule has 0 radical (unpaired) electrons. The van der Waals surface area contributed by atoms with Crippen LogP contribution >= 0.6 is 0 Å². The Labute approximate surface area is 97.2 Å². The Bertz CT molecular complexity index is 295. The van der Waals surface area contributed by atoms with Gasteiger partial charge in [-0.25, -0.2) is 0 Å². The van der Waals surface area contributed by atoms with Crippen LogP contribution in [0.1, 0.15) is 38.3 Å². The van der Waals surface area contributed by atoms with Crippen LogP contribution in [0.3, 0.4) is 0 Å². The standard InChI is InChI=1S/C13H21NO2/c1-3-13(14)11-4-6-12(7-5-11)16-9-8-10(2)15/h4-7,10,13,15H,3,8-9,14H2,1-2H3/t10?,13-/m0/s1. The lowest BCUT2D eigenvalue weighted by molar-refractivity contribution is 0.155. The van der Waals surface area contributed by atoms with Crippen LogP contribution in [0.15, 0.2) is 24.3 Å². The number of ether oxygens (including phenoxy) is 1. The minimum Gasteiger partial charge on any atom is -0.493 e. The first-order valence-electron chi connectivity index (χ1n) is 5.80. The van der Waals surface area contributed by atoms with E-state index >= 15 is 0 Å². The summed E-state index contributed by atoms with van der Waals surface area (Å²) in [5, 5.41) is 9.08. The molecule has 3 nitrogen and oxygen atoms in total. The fourth-order valence-electron chi connectivity index (χ4n) is 1.39. The first kappa shape index (κ1) is 13.0. The second-order valence-electron chi connectivity index (χ2n) is 4.07. The predicted molar refractivity (Wildman–Crippen MR) is 65.5 cm³/mol. The molecule has 0 aliphatic rings. The molecule has 3 heteroatoms. The van der Waals surface area contributed by atoms with E-state index in [0.717, 1.165) is 17.7 Å². The van der Waals surface area contributed by atoms with E-state index < -0.39 is 0 Å². The maximum Gasteiger partial charge on any atom is 0.119 e. The van der Waals surface area contributed by atoms with Crippen molar-refractivity contribution in [3.05, 3.63) is 29.8 Å². The molecular weight excluding hydrogens is 202 g/mol. The first-order chi connectivity index (χ1) is 7.63. The second-order valence-corrected chi connectivity index (χ2v) is 4.07. The summed E-state index contributed by atoms with van der Waals surface area (Å²) in [5.74, 6) is 0.827. The second kappa shape index (κ2) is 6.51. The third kappa shape index (κ3) is 4.21. The molecule has 90 valence electrons. The van der Waals surface area contributed by atoms with Gasteiger partial charge in [0.1, 0.15) is 5.75 Å². The lowest BCUT2D eigenvalue weighted by atomic mass is 10.1. The molecule has 0 bridgehead atoms. The van der Waals surface area contributed by atoms with Gasteiger partial charge in [0.25, 0.3) is 0 Å². The Morgan fingerprint density at radius 1 is 1.31 bits per heavy atom. The Balaban J connectivity index is 2.45. The average molecular weight is 223 g/mol. The number of benzene rings is 1. The number of hydrogen-bond donors (Lipinski definition) is 2. The first-order valence-corrected chi connectivity index (χ1v) is 5.80. The van der Waals surface area contributed by atoms with E-state index in [-0.39, 0.29) is 12.1 Å². The van der Waals surface area contributed by atoms with Crippen LogP contribution in [-0.4, -0.2) is 17.8 Å². The van der Waals surface area contributed by atoms with E-state index in [2.05, 4.69) is 6.92 Å². The van der Waals surface area contributed by atoms with Crippen LogP contribution < -0.4 is 10.5 Å². The predicted octanol–water partition coefficient (Wildman–Crippen LogP) is 2.25. The summed E-state index contributed by atoms with van der Waals surface area (Å²) in [5.41, 5.74) is 7.04. The van der Waals surface area contributed by atoms with Crippen molar-refractivity contribution >= 4 is 0 Å². The van der Waals surface area contributed by atoms with Crippen molar-refractivity contribution in [2.24, 2.45) is 5.73 Å². The van der Waals surface area contributed by atoms with Crippen molar-refractivity contribution in [3.8, 4) is 5.75 Å². The Morgan fingerprint density at radius 3 is 2.44 bits per heavy atom. The maximum atomic E-state index is 9.08. The van der Waals surface area contributed by atoms with E-state index in [9.17, 15) is 0 Å². The molecule has 16 heavy (non-hydrogen) atoms. The van der Waals surface area contributed by atoms with Gasteiger partial charge in [-0.05, 0) is 31.0 Å². The zero-order chi connectivity index (χ0) is 12.0. The largest absolute Gasteiger partial charge is 0.493 e. The highest BCUT2D eigenvalue weighted by atomic mass is 16.5. The molecule has 0 fully saturated rings. The van der Waals surface area contributed by atoms with Crippen LogP contribution in [0.5, 0.6) is 5.75 Å². The van der Waals surface area contributed by atoms with Gasteiger partial charge in [0.2, 0.25) is 0 Å². The molecule has 1 rings (SSSR count). The topological polar surface area (TPSA) is 55.5 Å². The van der Waals surface area contributed by atoms with Gasteiger partial charge in [0.05, 0.1) is 12.7 Å². The molecule has 0 amide bonds. The third-order valence-corrected chi connectivity index (χ3v) is 2.55. The highest BCUT2D eigenvalue weighted by Gasteiger charge is 2.03. The third-order valence-electron chi connectivity index (χ3n) is 2.55. The summed E-state index contributed by atoms with van der Waals surface area (Å²) in [6.07, 6.45) is 1.27. The Hall–Kier alpha value is -1.06. The fourth-order valence-corrected chi connectivity index (χ4v) is 1.39. The van der Waals surface area contributed by atoms with E-state index in [1.165, 1.54) is 0 Å². The van der Waals surface area contributed by atoms with E-state index in [0.29, 0.717) is 13.0 Å². The SMILES string of the molecule is CC[C@H](N)c1ccc(OCCC(C)O)cc1. The van der Waals surface area contributed by atoms with Crippen molar-refractivity contribution < 1.29 is 9.84 Å². The molecule has 1 aromatic carbocycles. The molecule has 1 aromatic rings. The maximum absolute atomic E-state index is 9.08. The monoisotopic (exact) mass is 223 g/mol. The van der Waals surface area contributed by atoms with E-state index in [4.69, 9.17) is 15.6 Å². The summed E-state index contributed by atoms with van der Waals surface area (Å²) in [6.45, 7) is 4.36. The van der Waals surface area contributed by atoms with Crippen LogP contribution in [0, 0.1) is 0 Å². The quantitative estimate of drug-likeness (QED) is 0.777. The van der Waals surface area contributed by atoms with E-state index in [1.54, 1.807) is 6.92 Å².